The third-order valence-corrected chi connectivity index (χ3v) is 6.37. The van der Waals surface area contributed by atoms with Gasteiger partial charge in [-0.3, -0.25) is 14.5 Å². The molecule has 0 aliphatic heterocycles. The van der Waals surface area contributed by atoms with Crippen molar-refractivity contribution in [3.05, 3.63) is 94.5 Å². The van der Waals surface area contributed by atoms with Crippen LogP contribution in [0.2, 0.25) is 0 Å². The van der Waals surface area contributed by atoms with E-state index in [4.69, 9.17) is 11.2 Å². The highest BCUT2D eigenvalue weighted by Gasteiger charge is 2.37. The van der Waals surface area contributed by atoms with Gasteiger partial charge in [0.1, 0.15) is 23.4 Å². The zero-order valence-corrected chi connectivity index (χ0v) is 24.3. The molecule has 0 aliphatic rings. The van der Waals surface area contributed by atoms with E-state index in [0.717, 1.165) is 21.6 Å². The van der Waals surface area contributed by atoms with E-state index in [0.29, 0.717) is 16.8 Å². The molecule has 0 saturated carbocycles. The van der Waals surface area contributed by atoms with Crippen LogP contribution in [0.5, 0.6) is 5.75 Å². The van der Waals surface area contributed by atoms with E-state index in [1.807, 2.05) is 45.0 Å². The summed E-state index contributed by atoms with van der Waals surface area (Å²) in [7, 11) is 0. The minimum Gasteiger partial charge on any atom is -0.508 e. The van der Waals surface area contributed by atoms with Gasteiger partial charge in [-0.15, -0.1) is 0 Å². The van der Waals surface area contributed by atoms with Crippen molar-refractivity contribution in [2.45, 2.75) is 65.6 Å². The number of carbonyl (C=O) groups is 3. The maximum atomic E-state index is 14.1. The summed E-state index contributed by atoms with van der Waals surface area (Å²) in [6.45, 7) is 10.8. The number of aromatic hydroxyl groups is 1. The van der Waals surface area contributed by atoms with E-state index in [2.05, 4.69) is 16.7 Å². The smallest absolute Gasteiger partial charge is 0.408 e. The molecule has 214 valence electrons. The van der Waals surface area contributed by atoms with Gasteiger partial charge in [-0.2, -0.15) is 0 Å². The topological polar surface area (TPSA) is 108 Å². The molecule has 2 unspecified atom stereocenters. The van der Waals surface area contributed by atoms with Gasteiger partial charge >= 0.3 is 6.09 Å². The molecule has 3 N–H and O–H groups in total. The van der Waals surface area contributed by atoms with Gasteiger partial charge in [0.05, 0.1) is 0 Å². The highest BCUT2D eigenvalue weighted by Crippen LogP contribution is 2.28. The number of rotatable bonds is 8. The fourth-order valence-electron chi connectivity index (χ4n) is 4.40. The zero-order chi connectivity index (χ0) is 30.3. The Labute approximate surface area is 241 Å². The van der Waals surface area contributed by atoms with Crippen LogP contribution in [0.25, 0.3) is 0 Å². The summed E-state index contributed by atoms with van der Waals surface area (Å²) in [6.07, 6.45) is 5.17. The number of terminal acetylenes is 1. The number of amides is 3. The lowest BCUT2D eigenvalue weighted by molar-refractivity contribution is -0.136. The number of alkyl carbamates (subject to hydrolysis) is 1. The van der Waals surface area contributed by atoms with Crippen LogP contribution in [-0.2, 0) is 20.7 Å². The molecule has 0 radical (unpaired) electrons. The second-order valence-corrected chi connectivity index (χ2v) is 11.0. The van der Waals surface area contributed by atoms with E-state index in [9.17, 15) is 19.5 Å². The van der Waals surface area contributed by atoms with Crippen molar-refractivity contribution < 1.29 is 24.2 Å². The first kappa shape index (κ1) is 30.8. The van der Waals surface area contributed by atoms with Crippen molar-refractivity contribution in [2.75, 3.05) is 5.32 Å². The zero-order valence-electron chi connectivity index (χ0n) is 24.3. The third-order valence-electron chi connectivity index (χ3n) is 6.37. The molecule has 0 bridgehead atoms. The average Bonchev–Trinajstić information content (AvgIpc) is 2.88. The Kier molecular flexibility index (Phi) is 9.80. The van der Waals surface area contributed by atoms with Crippen molar-refractivity contribution in [3.63, 3.8) is 0 Å². The largest absolute Gasteiger partial charge is 0.508 e. The standard InChI is InChI=1S/C33H37N3O5/c1-8-36(31(39)28(35-32(40)41-33(5,6)7)20-24-14-16-25(37)17-15-24)29(26-18-13-21(2)19-23(26)4)30(38)34-27-12-10-9-11-22(27)3/h1,9-19,28-29,37H,20H2,2-7H3,(H,34,38)(H,35,40). The first-order chi connectivity index (χ1) is 19.3. The Morgan fingerprint density at radius 1 is 0.976 bits per heavy atom. The Morgan fingerprint density at radius 3 is 2.22 bits per heavy atom. The SMILES string of the molecule is C#CN(C(=O)C(Cc1ccc(O)cc1)NC(=O)OC(C)(C)C)C(C(=O)Nc1ccccc1C)c1ccc(C)cc1C. The number of ether oxygens (including phenoxy) is 1. The first-order valence-electron chi connectivity index (χ1n) is 13.3. The number of aryl methyl sites for hydroxylation is 3. The summed E-state index contributed by atoms with van der Waals surface area (Å²) in [4.78, 5) is 41.9. The highest BCUT2D eigenvalue weighted by molar-refractivity contribution is 6.00. The predicted molar refractivity (Wildman–Crippen MR) is 159 cm³/mol. The van der Waals surface area contributed by atoms with Crippen molar-refractivity contribution >= 4 is 23.6 Å². The normalized spacial score (nSPS) is 12.4. The van der Waals surface area contributed by atoms with Gasteiger partial charge in [0.15, 0.2) is 0 Å². The molecule has 3 amide bonds. The Bertz CT molecular complexity index is 1450. The highest BCUT2D eigenvalue weighted by atomic mass is 16.6. The molecule has 0 aliphatic carbocycles. The second-order valence-electron chi connectivity index (χ2n) is 11.0. The van der Waals surface area contributed by atoms with Crippen LogP contribution in [0.3, 0.4) is 0 Å². The van der Waals surface area contributed by atoms with Gasteiger partial charge in [-0.1, -0.05) is 60.5 Å². The van der Waals surface area contributed by atoms with Crippen LogP contribution < -0.4 is 10.6 Å². The Balaban J connectivity index is 2.05. The van der Waals surface area contributed by atoms with Crippen molar-refractivity contribution in [3.8, 4) is 18.2 Å². The summed E-state index contributed by atoms with van der Waals surface area (Å²) in [5, 5.41) is 15.3. The number of nitrogens with one attached hydrogen (secondary N) is 2. The van der Waals surface area contributed by atoms with E-state index >= 15 is 0 Å². The van der Waals surface area contributed by atoms with E-state index < -0.39 is 35.6 Å². The molecule has 8 heteroatoms. The average molecular weight is 556 g/mol. The number of phenolic OH excluding ortho intramolecular Hbond substituents is 1. The molecule has 0 heterocycles. The fraction of sp³-hybridized carbons (Fsp3) is 0.303. The van der Waals surface area contributed by atoms with Gasteiger partial charge in [-0.05, 0) is 82.0 Å². The number of anilines is 1. The number of benzene rings is 3. The summed E-state index contributed by atoms with van der Waals surface area (Å²) in [6, 6.07) is 19.1. The Morgan fingerprint density at radius 2 is 1.63 bits per heavy atom. The molecular weight excluding hydrogens is 518 g/mol. The minimum atomic E-state index is -1.20. The lowest BCUT2D eigenvalue weighted by atomic mass is 9.96. The molecule has 3 aromatic rings. The molecule has 0 saturated heterocycles. The molecule has 3 rings (SSSR count). The van der Waals surface area contributed by atoms with E-state index in [1.165, 1.54) is 12.1 Å². The number of para-hydroxylation sites is 1. The van der Waals surface area contributed by atoms with Gasteiger partial charge < -0.3 is 20.5 Å². The van der Waals surface area contributed by atoms with Crippen molar-refractivity contribution in [2.24, 2.45) is 0 Å². The molecular formula is C33H37N3O5. The number of nitrogens with zero attached hydrogens (tertiary/aromatic N) is 1. The van der Waals surface area contributed by atoms with Crippen molar-refractivity contribution in [1.82, 2.24) is 10.2 Å². The van der Waals surface area contributed by atoms with E-state index in [-0.39, 0.29) is 12.2 Å². The summed E-state index contributed by atoms with van der Waals surface area (Å²) in [5.74, 6) is -1.11. The first-order valence-corrected chi connectivity index (χ1v) is 13.3. The van der Waals surface area contributed by atoms with Crippen LogP contribution >= 0.6 is 0 Å². The molecule has 0 spiro atoms. The minimum absolute atomic E-state index is 0.0373. The van der Waals surface area contributed by atoms with Crippen LogP contribution in [0.4, 0.5) is 10.5 Å². The van der Waals surface area contributed by atoms with Crippen LogP contribution in [0.15, 0.2) is 66.7 Å². The van der Waals surface area contributed by atoms with E-state index in [1.54, 1.807) is 51.1 Å². The predicted octanol–water partition coefficient (Wildman–Crippen LogP) is 5.55. The fourth-order valence-corrected chi connectivity index (χ4v) is 4.40. The molecule has 3 aromatic carbocycles. The van der Waals surface area contributed by atoms with Gasteiger partial charge in [0.2, 0.25) is 0 Å². The summed E-state index contributed by atoms with van der Waals surface area (Å²) >= 11 is 0. The molecule has 41 heavy (non-hydrogen) atoms. The number of phenols is 1. The van der Waals surface area contributed by atoms with Crippen LogP contribution in [-0.4, -0.2) is 39.6 Å². The second kappa shape index (κ2) is 13.1. The quantitative estimate of drug-likeness (QED) is 0.249. The maximum Gasteiger partial charge on any atom is 0.408 e. The Hall–Kier alpha value is -4.77. The van der Waals surface area contributed by atoms with Crippen molar-refractivity contribution in [1.29, 1.82) is 0 Å². The lowest BCUT2D eigenvalue weighted by Crippen LogP contribution is -2.51. The number of carbonyl (C=O) groups excluding carboxylic acids is 3. The van der Waals surface area contributed by atoms with Gasteiger partial charge in [0, 0.05) is 18.2 Å². The third kappa shape index (κ3) is 8.36. The van der Waals surface area contributed by atoms with Gasteiger partial charge in [0.25, 0.3) is 11.8 Å². The molecule has 8 nitrogen and oxygen atoms in total. The lowest BCUT2D eigenvalue weighted by Gasteiger charge is -2.31. The maximum absolute atomic E-state index is 14.1. The molecule has 2 atom stereocenters. The van der Waals surface area contributed by atoms with Gasteiger partial charge in [-0.25, -0.2) is 4.79 Å². The molecule has 0 fully saturated rings. The summed E-state index contributed by atoms with van der Waals surface area (Å²) < 4.78 is 5.41. The summed E-state index contributed by atoms with van der Waals surface area (Å²) in [5.41, 5.74) is 3.59. The molecule has 0 aromatic heterocycles. The van der Waals surface area contributed by atoms with Crippen LogP contribution in [0, 0.1) is 33.2 Å². The number of hydrogen-bond donors (Lipinski definition) is 3. The number of hydrogen-bond acceptors (Lipinski definition) is 5. The van der Waals surface area contributed by atoms with Crippen LogP contribution in [0.1, 0.15) is 54.6 Å². The monoisotopic (exact) mass is 555 g/mol.